The van der Waals surface area contributed by atoms with Gasteiger partial charge >= 0.3 is 7.12 Å². The van der Waals surface area contributed by atoms with Crippen molar-refractivity contribution in [1.82, 2.24) is 4.98 Å². The van der Waals surface area contributed by atoms with Crippen molar-refractivity contribution in [3.63, 3.8) is 0 Å². The zero-order chi connectivity index (χ0) is 13.7. The van der Waals surface area contributed by atoms with Gasteiger partial charge in [-0.15, -0.1) is 11.3 Å². The first-order valence-electron chi connectivity index (χ1n) is 6.47. The third-order valence-corrected chi connectivity index (χ3v) is 5.08. The summed E-state index contributed by atoms with van der Waals surface area (Å²) in [6, 6.07) is 0. The predicted octanol–water partition coefficient (Wildman–Crippen LogP) is 2.87. The number of thiazole rings is 1. The van der Waals surface area contributed by atoms with E-state index in [2.05, 4.69) is 46.5 Å². The van der Waals surface area contributed by atoms with Crippen LogP contribution in [-0.2, 0) is 9.31 Å². The normalized spacial score (nSPS) is 21.9. The maximum absolute atomic E-state index is 6.08. The van der Waals surface area contributed by atoms with E-state index >= 15 is 0 Å². The fourth-order valence-electron chi connectivity index (χ4n) is 2.00. The highest BCUT2D eigenvalue weighted by Crippen LogP contribution is 2.37. The molecule has 0 atom stereocenters. The monoisotopic (exact) mass is 267 g/mol. The van der Waals surface area contributed by atoms with Gasteiger partial charge in [-0.25, -0.2) is 0 Å². The van der Waals surface area contributed by atoms with Crippen LogP contribution in [0.25, 0.3) is 0 Å². The maximum Gasteiger partial charge on any atom is 0.515 e. The molecule has 0 saturated carbocycles. The molecule has 0 spiro atoms. The Morgan fingerprint density at radius 1 is 1.11 bits per heavy atom. The van der Waals surface area contributed by atoms with Gasteiger partial charge in [0.15, 0.2) is 0 Å². The Morgan fingerprint density at radius 3 is 2.06 bits per heavy atom. The SMILES string of the molecule is Cc1nc(B2OC(C)(C)C(C)(C)O2)c(C(C)C)s1. The molecule has 2 heterocycles. The molecule has 1 aliphatic rings. The highest BCUT2D eigenvalue weighted by molar-refractivity contribution is 7.12. The van der Waals surface area contributed by atoms with Crippen LogP contribution in [0.1, 0.15) is 57.3 Å². The summed E-state index contributed by atoms with van der Waals surface area (Å²) >= 11 is 1.74. The maximum atomic E-state index is 6.08. The molecular formula is C13H22BNO2S. The van der Waals surface area contributed by atoms with Gasteiger partial charge in [-0.3, -0.25) is 4.98 Å². The van der Waals surface area contributed by atoms with Gasteiger partial charge in [0.25, 0.3) is 0 Å². The Balaban J connectivity index is 2.35. The van der Waals surface area contributed by atoms with E-state index in [1.807, 2.05) is 6.92 Å². The molecule has 0 N–H and O–H groups in total. The van der Waals surface area contributed by atoms with E-state index in [0.29, 0.717) is 5.92 Å². The molecule has 0 radical (unpaired) electrons. The van der Waals surface area contributed by atoms with E-state index in [-0.39, 0.29) is 18.3 Å². The highest BCUT2D eigenvalue weighted by Gasteiger charge is 2.53. The van der Waals surface area contributed by atoms with Gasteiger partial charge in [-0.1, -0.05) is 13.8 Å². The summed E-state index contributed by atoms with van der Waals surface area (Å²) in [4.78, 5) is 5.88. The van der Waals surface area contributed by atoms with Gasteiger partial charge in [-0.05, 0) is 40.5 Å². The van der Waals surface area contributed by atoms with E-state index in [0.717, 1.165) is 10.6 Å². The third-order valence-electron chi connectivity index (χ3n) is 3.79. The average molecular weight is 267 g/mol. The molecule has 5 heteroatoms. The van der Waals surface area contributed by atoms with E-state index in [1.165, 1.54) is 4.88 Å². The van der Waals surface area contributed by atoms with E-state index in [9.17, 15) is 0 Å². The van der Waals surface area contributed by atoms with Crippen molar-refractivity contribution in [3.8, 4) is 0 Å². The van der Waals surface area contributed by atoms with Gasteiger partial charge in [-0.2, -0.15) is 0 Å². The molecule has 2 rings (SSSR count). The first kappa shape index (κ1) is 14.0. The Kier molecular flexibility index (Phi) is 3.37. The molecule has 0 aliphatic carbocycles. The minimum atomic E-state index is -0.336. The Morgan fingerprint density at radius 2 is 1.61 bits per heavy atom. The molecular weight excluding hydrogens is 245 g/mol. The standard InChI is InChI=1S/C13H22BNO2S/c1-8(2)10-11(15-9(3)18-10)14-16-12(4,5)13(6,7)17-14/h8H,1-7H3. The Labute approximate surface area is 114 Å². The van der Waals surface area contributed by atoms with E-state index in [4.69, 9.17) is 9.31 Å². The minimum absolute atomic E-state index is 0.302. The number of hydrogen-bond donors (Lipinski definition) is 0. The molecule has 0 amide bonds. The van der Waals surface area contributed by atoms with Crippen LogP contribution in [0, 0.1) is 6.92 Å². The smallest absolute Gasteiger partial charge is 0.398 e. The minimum Gasteiger partial charge on any atom is -0.398 e. The zero-order valence-corrected chi connectivity index (χ0v) is 13.1. The van der Waals surface area contributed by atoms with E-state index < -0.39 is 0 Å². The first-order valence-corrected chi connectivity index (χ1v) is 7.28. The highest BCUT2D eigenvalue weighted by atomic mass is 32.1. The molecule has 1 saturated heterocycles. The first-order chi connectivity index (χ1) is 8.14. The second-order valence-electron chi connectivity index (χ2n) is 6.23. The van der Waals surface area contributed by atoms with Crippen molar-refractivity contribution in [1.29, 1.82) is 0 Å². The summed E-state index contributed by atoms with van der Waals surface area (Å²) in [7, 11) is -0.336. The quantitative estimate of drug-likeness (QED) is 0.772. The molecule has 0 unspecified atom stereocenters. The molecule has 1 aromatic rings. The van der Waals surface area contributed by atoms with Gasteiger partial charge < -0.3 is 9.31 Å². The van der Waals surface area contributed by atoms with Crippen molar-refractivity contribution in [3.05, 3.63) is 9.88 Å². The third kappa shape index (κ3) is 2.24. The van der Waals surface area contributed by atoms with Crippen molar-refractivity contribution < 1.29 is 9.31 Å². The van der Waals surface area contributed by atoms with Crippen LogP contribution in [0.5, 0.6) is 0 Å². The van der Waals surface area contributed by atoms with Crippen LogP contribution < -0.4 is 5.59 Å². The summed E-state index contributed by atoms with van der Waals surface area (Å²) < 4.78 is 12.2. The van der Waals surface area contributed by atoms with Crippen LogP contribution in [-0.4, -0.2) is 23.3 Å². The summed E-state index contributed by atoms with van der Waals surface area (Å²) in [6.45, 7) is 14.7. The molecule has 1 aliphatic heterocycles. The molecule has 1 fully saturated rings. The van der Waals surface area contributed by atoms with Crippen LogP contribution in [0.2, 0.25) is 0 Å². The second kappa shape index (κ2) is 4.32. The summed E-state index contributed by atoms with van der Waals surface area (Å²) in [6.07, 6.45) is 0. The molecule has 18 heavy (non-hydrogen) atoms. The summed E-state index contributed by atoms with van der Waals surface area (Å²) in [5, 5.41) is 1.07. The van der Waals surface area contributed by atoms with Gasteiger partial charge in [0.2, 0.25) is 0 Å². The van der Waals surface area contributed by atoms with E-state index in [1.54, 1.807) is 11.3 Å². The number of rotatable bonds is 2. The summed E-state index contributed by atoms with van der Waals surface area (Å²) in [5.74, 6) is 0.449. The average Bonchev–Trinajstić information content (AvgIpc) is 2.66. The van der Waals surface area contributed by atoms with Gasteiger partial charge in [0.05, 0.1) is 21.8 Å². The predicted molar refractivity (Wildman–Crippen MR) is 76.7 cm³/mol. The van der Waals surface area contributed by atoms with Crippen molar-refractivity contribution >= 4 is 24.0 Å². The number of hydrogen-bond acceptors (Lipinski definition) is 4. The second-order valence-corrected chi connectivity index (χ2v) is 7.46. The Bertz CT molecular complexity index is 438. The fourth-order valence-corrected chi connectivity index (χ4v) is 2.94. The van der Waals surface area contributed by atoms with Crippen LogP contribution >= 0.6 is 11.3 Å². The molecule has 100 valence electrons. The number of nitrogens with zero attached hydrogens (tertiary/aromatic N) is 1. The van der Waals surface area contributed by atoms with Crippen molar-refractivity contribution in [2.75, 3.05) is 0 Å². The lowest BCUT2D eigenvalue weighted by Crippen LogP contribution is -2.41. The largest absolute Gasteiger partial charge is 0.515 e. The lowest BCUT2D eigenvalue weighted by molar-refractivity contribution is 0.00578. The number of aryl methyl sites for hydroxylation is 1. The fraction of sp³-hybridized carbons (Fsp3) is 0.769. The summed E-state index contributed by atoms with van der Waals surface area (Å²) in [5.41, 5.74) is 0.360. The van der Waals surface area contributed by atoms with Crippen molar-refractivity contribution in [2.45, 2.75) is 65.6 Å². The topological polar surface area (TPSA) is 31.4 Å². The lowest BCUT2D eigenvalue weighted by Gasteiger charge is -2.32. The van der Waals surface area contributed by atoms with Gasteiger partial charge in [0.1, 0.15) is 0 Å². The van der Waals surface area contributed by atoms with Gasteiger partial charge in [0, 0.05) is 4.88 Å². The molecule has 1 aromatic heterocycles. The van der Waals surface area contributed by atoms with Crippen LogP contribution in [0.3, 0.4) is 0 Å². The van der Waals surface area contributed by atoms with Crippen molar-refractivity contribution in [2.24, 2.45) is 0 Å². The lowest BCUT2D eigenvalue weighted by atomic mass is 9.82. The molecule has 0 aromatic carbocycles. The number of aromatic nitrogens is 1. The molecule has 0 bridgehead atoms. The van der Waals surface area contributed by atoms with Crippen LogP contribution in [0.15, 0.2) is 0 Å². The van der Waals surface area contributed by atoms with Crippen LogP contribution in [0.4, 0.5) is 0 Å². The Hall–Kier alpha value is -0.385. The zero-order valence-electron chi connectivity index (χ0n) is 12.3. The molecule has 3 nitrogen and oxygen atoms in total.